The summed E-state index contributed by atoms with van der Waals surface area (Å²) in [7, 11) is 1.66. The Kier molecular flexibility index (Phi) is 6.92. The van der Waals surface area contributed by atoms with Crippen LogP contribution in [0, 0.1) is 11.8 Å². The quantitative estimate of drug-likeness (QED) is 0.376. The largest absolute Gasteiger partial charge is 0.496 e. The lowest BCUT2D eigenvalue weighted by molar-refractivity contribution is -0.133. The third-order valence-electron chi connectivity index (χ3n) is 8.09. The summed E-state index contributed by atoms with van der Waals surface area (Å²) < 4.78 is 7.38. The molecule has 7 nitrogen and oxygen atoms in total. The molecule has 3 aliphatic rings. The molecule has 2 unspecified atom stereocenters. The van der Waals surface area contributed by atoms with Crippen molar-refractivity contribution in [3.8, 4) is 28.1 Å². The van der Waals surface area contributed by atoms with Crippen molar-refractivity contribution in [1.82, 2.24) is 25.2 Å². The van der Waals surface area contributed by atoms with E-state index in [4.69, 9.17) is 4.74 Å². The Morgan fingerprint density at radius 2 is 1.71 bits per heavy atom. The first kappa shape index (κ1) is 24.4. The number of nitrogens with one attached hydrogen (secondary N) is 1. The van der Waals surface area contributed by atoms with Gasteiger partial charge in [0.1, 0.15) is 11.4 Å². The van der Waals surface area contributed by atoms with Crippen LogP contribution in [0.15, 0.2) is 85.1 Å². The second-order valence-corrected chi connectivity index (χ2v) is 10.3. The molecule has 3 aromatic carbocycles. The molecule has 1 aromatic heterocycles. The zero-order valence-corrected chi connectivity index (χ0v) is 21.7. The first-order valence-corrected chi connectivity index (χ1v) is 13.4. The average molecular weight is 508 g/mol. The minimum Gasteiger partial charge on any atom is -0.496 e. The van der Waals surface area contributed by atoms with E-state index in [1.165, 1.54) is 11.1 Å². The normalized spacial score (nSPS) is 22.2. The van der Waals surface area contributed by atoms with E-state index in [0.717, 1.165) is 55.0 Å². The van der Waals surface area contributed by atoms with Gasteiger partial charge in [-0.15, -0.1) is 5.10 Å². The van der Waals surface area contributed by atoms with E-state index in [1.807, 2.05) is 41.2 Å². The van der Waals surface area contributed by atoms with E-state index < -0.39 is 0 Å². The van der Waals surface area contributed by atoms with Gasteiger partial charge in [0, 0.05) is 30.3 Å². The summed E-state index contributed by atoms with van der Waals surface area (Å²) in [5.41, 5.74) is 5.34. The number of amides is 1. The van der Waals surface area contributed by atoms with Gasteiger partial charge in [0.2, 0.25) is 5.91 Å². The van der Waals surface area contributed by atoms with Gasteiger partial charge in [-0.3, -0.25) is 14.4 Å². The van der Waals surface area contributed by atoms with Gasteiger partial charge >= 0.3 is 0 Å². The van der Waals surface area contributed by atoms with Gasteiger partial charge in [-0.1, -0.05) is 78.0 Å². The molecular weight excluding hydrogens is 474 g/mol. The first-order valence-electron chi connectivity index (χ1n) is 13.4. The van der Waals surface area contributed by atoms with Crippen molar-refractivity contribution in [2.45, 2.75) is 32.0 Å². The van der Waals surface area contributed by atoms with E-state index >= 15 is 0 Å². The van der Waals surface area contributed by atoms with Crippen molar-refractivity contribution in [2.75, 3.05) is 20.2 Å². The van der Waals surface area contributed by atoms with Crippen LogP contribution in [0.3, 0.4) is 0 Å². The summed E-state index contributed by atoms with van der Waals surface area (Å²) in [6.45, 7) is 3.12. The molecule has 4 aromatic rings. The van der Waals surface area contributed by atoms with Crippen molar-refractivity contribution in [3.05, 3.63) is 90.6 Å². The number of fused-ring (bicyclic) bond motifs is 3. The molecule has 3 saturated heterocycles. The summed E-state index contributed by atoms with van der Waals surface area (Å²) in [6.07, 6.45) is 4.12. The summed E-state index contributed by atoms with van der Waals surface area (Å²) in [6, 6.07) is 27.1. The van der Waals surface area contributed by atoms with Gasteiger partial charge in [-0.25, -0.2) is 0 Å². The number of methoxy groups -OCH3 is 1. The summed E-state index contributed by atoms with van der Waals surface area (Å²) in [5, 5.41) is 12.0. The molecule has 1 N–H and O–H groups in total. The van der Waals surface area contributed by atoms with E-state index in [-0.39, 0.29) is 11.8 Å². The molecule has 194 valence electrons. The van der Waals surface area contributed by atoms with Crippen LogP contribution in [0.2, 0.25) is 0 Å². The van der Waals surface area contributed by atoms with Gasteiger partial charge in [-0.05, 0) is 42.5 Å². The Bertz CT molecular complexity index is 1380. The smallest absolute Gasteiger partial charge is 0.224 e. The lowest BCUT2D eigenvalue weighted by Gasteiger charge is -2.49. The number of ether oxygens (including phenoxy) is 1. The Hall–Kier alpha value is -3.97. The zero-order valence-electron chi connectivity index (χ0n) is 21.7. The topological polar surface area (TPSA) is 72.3 Å². The molecule has 38 heavy (non-hydrogen) atoms. The zero-order chi connectivity index (χ0) is 25.9. The first-order chi connectivity index (χ1) is 18.7. The average Bonchev–Trinajstić information content (AvgIpc) is 3.45. The number of nitrogens with zero attached hydrogens (tertiary/aromatic N) is 4. The number of para-hydroxylation sites is 1. The van der Waals surface area contributed by atoms with Crippen molar-refractivity contribution < 1.29 is 9.53 Å². The second kappa shape index (κ2) is 10.8. The van der Waals surface area contributed by atoms with Crippen LogP contribution in [0.1, 0.15) is 18.4 Å². The molecule has 4 heterocycles. The minimum atomic E-state index is 0.0316. The Morgan fingerprint density at radius 1 is 0.974 bits per heavy atom. The van der Waals surface area contributed by atoms with Crippen LogP contribution >= 0.6 is 0 Å². The molecule has 3 aliphatic heterocycles. The van der Waals surface area contributed by atoms with Gasteiger partial charge in [0.05, 0.1) is 25.8 Å². The van der Waals surface area contributed by atoms with Gasteiger partial charge in [-0.2, -0.15) is 0 Å². The fourth-order valence-corrected chi connectivity index (χ4v) is 5.99. The van der Waals surface area contributed by atoms with E-state index in [0.29, 0.717) is 18.5 Å². The minimum absolute atomic E-state index is 0.0316. The number of rotatable bonds is 8. The maximum atomic E-state index is 13.1. The number of benzene rings is 3. The molecule has 7 heteroatoms. The van der Waals surface area contributed by atoms with Crippen LogP contribution < -0.4 is 10.1 Å². The van der Waals surface area contributed by atoms with Crippen molar-refractivity contribution in [2.24, 2.45) is 11.8 Å². The van der Waals surface area contributed by atoms with Crippen molar-refractivity contribution in [1.29, 1.82) is 0 Å². The van der Waals surface area contributed by atoms with Crippen molar-refractivity contribution >= 4 is 5.91 Å². The summed E-state index contributed by atoms with van der Waals surface area (Å²) in [5.74, 6) is 1.38. The third-order valence-corrected chi connectivity index (χ3v) is 8.09. The predicted octanol–water partition coefficient (Wildman–Crippen LogP) is 4.65. The summed E-state index contributed by atoms with van der Waals surface area (Å²) in [4.78, 5) is 15.6. The van der Waals surface area contributed by atoms with E-state index in [9.17, 15) is 4.79 Å². The van der Waals surface area contributed by atoms with E-state index in [2.05, 4.69) is 69.1 Å². The van der Waals surface area contributed by atoms with Crippen LogP contribution in [0.25, 0.3) is 22.4 Å². The van der Waals surface area contributed by atoms with Crippen LogP contribution in [0.4, 0.5) is 0 Å². The third kappa shape index (κ3) is 5.07. The number of hydrogen-bond acceptors (Lipinski definition) is 5. The molecule has 0 spiro atoms. The van der Waals surface area contributed by atoms with Crippen molar-refractivity contribution in [3.63, 3.8) is 0 Å². The highest BCUT2D eigenvalue weighted by Crippen LogP contribution is 2.37. The summed E-state index contributed by atoms with van der Waals surface area (Å²) >= 11 is 0. The molecule has 0 aliphatic carbocycles. The molecule has 1 amide bonds. The van der Waals surface area contributed by atoms with Gasteiger partial charge < -0.3 is 10.1 Å². The highest BCUT2D eigenvalue weighted by atomic mass is 16.5. The Labute approximate surface area is 223 Å². The van der Waals surface area contributed by atoms with Gasteiger partial charge in [0.25, 0.3) is 0 Å². The molecular formula is C31H33N5O2. The fraction of sp³-hybridized carbons (Fsp3) is 0.323. The Balaban J connectivity index is 1.06. The molecule has 0 radical (unpaired) electrons. The van der Waals surface area contributed by atoms with Gasteiger partial charge in [0.15, 0.2) is 0 Å². The highest BCUT2D eigenvalue weighted by molar-refractivity contribution is 5.79. The number of carbonyl (C=O) groups is 1. The number of aromatic nitrogens is 3. The highest BCUT2D eigenvalue weighted by Gasteiger charge is 2.43. The lowest BCUT2D eigenvalue weighted by Crippen LogP contribution is -2.58. The monoisotopic (exact) mass is 507 g/mol. The number of hydrogen-bond donors (Lipinski definition) is 1. The molecule has 4 atom stereocenters. The molecule has 2 bridgehead atoms. The van der Waals surface area contributed by atoms with Crippen LogP contribution in [-0.2, 0) is 17.9 Å². The molecule has 7 rings (SSSR count). The molecule has 3 fully saturated rings. The molecule has 0 saturated carbocycles. The van der Waals surface area contributed by atoms with Crippen LogP contribution in [-0.4, -0.2) is 52.0 Å². The number of piperidine rings is 3. The van der Waals surface area contributed by atoms with Crippen LogP contribution in [0.5, 0.6) is 5.75 Å². The van der Waals surface area contributed by atoms with E-state index in [1.54, 1.807) is 7.11 Å². The lowest BCUT2D eigenvalue weighted by atomic mass is 9.75. The number of carbonyl (C=O) groups excluding carboxylic acids is 1. The second-order valence-electron chi connectivity index (χ2n) is 10.3. The maximum Gasteiger partial charge on any atom is 0.224 e. The fourth-order valence-electron chi connectivity index (χ4n) is 5.99. The standard InChI is InChI=1S/C31H33N5O2/c1-38-30-10-6-5-9-26(30)18-32-31(37)28-20-35-16-15-25(28)17-27(35)19-36-21-29(33-34-36)24-13-11-23(12-14-24)22-7-3-2-4-8-22/h2-14,21,25,27-28H,15-20H2,1H3,(H,32,37)/t25?,27-,28+/m1/s1. The SMILES string of the molecule is COc1ccccc1CNC(=O)[C@H]1CN2CCC1C[C@@H]2Cn1cc(-c2ccc(-c3ccccc3)cc2)nn1. The maximum absolute atomic E-state index is 13.1. The Morgan fingerprint density at radius 3 is 2.47 bits per heavy atom. The predicted molar refractivity (Wildman–Crippen MR) is 147 cm³/mol.